The average molecular weight is 251 g/mol. The van der Waals surface area contributed by atoms with E-state index in [-0.39, 0.29) is 24.1 Å². The molecule has 2 aliphatic rings. The molecule has 6 heteroatoms. The van der Waals surface area contributed by atoms with E-state index in [4.69, 9.17) is 15.0 Å². The number of amides is 1. The van der Waals surface area contributed by atoms with Crippen LogP contribution in [0.3, 0.4) is 0 Å². The van der Waals surface area contributed by atoms with Crippen molar-refractivity contribution in [3.05, 3.63) is 17.5 Å². The highest BCUT2D eigenvalue weighted by Gasteiger charge is 2.51. The molecule has 4 unspecified atom stereocenters. The van der Waals surface area contributed by atoms with Crippen LogP contribution in [0.1, 0.15) is 29.0 Å². The topological polar surface area (TPSA) is 90.4 Å². The van der Waals surface area contributed by atoms with Crippen LogP contribution in [0.2, 0.25) is 0 Å². The average Bonchev–Trinajstić information content (AvgIpc) is 2.81. The number of hydrogen-bond acceptors (Lipinski definition) is 5. The van der Waals surface area contributed by atoms with Crippen molar-refractivity contribution in [2.24, 2.45) is 11.7 Å². The van der Waals surface area contributed by atoms with Crippen molar-refractivity contribution < 1.29 is 14.1 Å². The largest absolute Gasteiger partial charge is 0.376 e. The molecular formula is C12H17N3O3. The maximum absolute atomic E-state index is 12.0. The second-order valence-corrected chi connectivity index (χ2v) is 5.01. The third kappa shape index (κ3) is 1.72. The molecule has 0 aromatic carbocycles. The Morgan fingerprint density at radius 2 is 2.44 bits per heavy atom. The van der Waals surface area contributed by atoms with E-state index in [1.54, 1.807) is 6.92 Å². The quantitative estimate of drug-likeness (QED) is 0.784. The summed E-state index contributed by atoms with van der Waals surface area (Å²) in [6.45, 7) is 2.47. The maximum Gasteiger partial charge on any atom is 0.256 e. The lowest BCUT2D eigenvalue weighted by molar-refractivity contribution is -0.117. The number of ether oxygens (including phenoxy) is 1. The van der Waals surface area contributed by atoms with Gasteiger partial charge in [0, 0.05) is 18.6 Å². The molecule has 1 aliphatic carbocycles. The Bertz CT molecular complexity index is 459. The zero-order valence-corrected chi connectivity index (χ0v) is 10.3. The van der Waals surface area contributed by atoms with E-state index in [1.165, 1.54) is 6.20 Å². The summed E-state index contributed by atoms with van der Waals surface area (Å²) in [6, 6.07) is -0.114. The zero-order valence-electron chi connectivity index (χ0n) is 10.3. The molecule has 3 rings (SSSR count). The van der Waals surface area contributed by atoms with Gasteiger partial charge in [-0.05, 0) is 19.8 Å². The second kappa shape index (κ2) is 4.37. The van der Waals surface area contributed by atoms with Crippen molar-refractivity contribution in [3.63, 3.8) is 0 Å². The number of nitrogens with zero attached hydrogens (tertiary/aromatic N) is 1. The van der Waals surface area contributed by atoms with Gasteiger partial charge in [-0.3, -0.25) is 4.79 Å². The van der Waals surface area contributed by atoms with Crippen molar-refractivity contribution >= 4 is 5.91 Å². The fourth-order valence-corrected chi connectivity index (χ4v) is 2.87. The minimum absolute atomic E-state index is 0.0144. The molecule has 98 valence electrons. The number of carbonyl (C=O) groups is 1. The highest BCUT2D eigenvalue weighted by Crippen LogP contribution is 2.37. The number of rotatable bonds is 2. The molecule has 3 N–H and O–H groups in total. The SMILES string of the molecule is Cc1oncc1C(=O)NC1C(N)C2CCCOC21. The smallest absolute Gasteiger partial charge is 0.256 e. The molecule has 0 spiro atoms. The van der Waals surface area contributed by atoms with E-state index >= 15 is 0 Å². The highest BCUT2D eigenvalue weighted by atomic mass is 16.5. The van der Waals surface area contributed by atoms with Gasteiger partial charge in [-0.1, -0.05) is 5.16 Å². The van der Waals surface area contributed by atoms with Crippen LogP contribution in [-0.2, 0) is 4.74 Å². The standard InChI is InChI=1S/C12H17N3O3/c1-6-8(5-14-18-6)12(16)15-10-9(13)7-3-2-4-17-11(7)10/h5,7,9-11H,2-4,13H2,1H3,(H,15,16). The van der Waals surface area contributed by atoms with E-state index in [0.717, 1.165) is 19.4 Å². The number of aromatic nitrogens is 1. The molecule has 4 atom stereocenters. The minimum Gasteiger partial charge on any atom is -0.376 e. The Kier molecular flexibility index (Phi) is 2.83. The van der Waals surface area contributed by atoms with Gasteiger partial charge >= 0.3 is 0 Å². The van der Waals surface area contributed by atoms with Crippen LogP contribution in [0, 0.1) is 12.8 Å². The van der Waals surface area contributed by atoms with Crippen molar-refractivity contribution in [2.75, 3.05) is 6.61 Å². The third-order valence-corrected chi connectivity index (χ3v) is 3.97. The van der Waals surface area contributed by atoms with Crippen LogP contribution >= 0.6 is 0 Å². The van der Waals surface area contributed by atoms with Crippen molar-refractivity contribution in [3.8, 4) is 0 Å². The van der Waals surface area contributed by atoms with Crippen molar-refractivity contribution in [1.29, 1.82) is 0 Å². The fraction of sp³-hybridized carbons (Fsp3) is 0.667. The predicted octanol–water partition coefficient (Wildman–Crippen LogP) is 0.218. The van der Waals surface area contributed by atoms with Gasteiger partial charge in [0.15, 0.2) is 0 Å². The van der Waals surface area contributed by atoms with Gasteiger partial charge in [0.2, 0.25) is 0 Å². The first-order chi connectivity index (χ1) is 8.68. The molecule has 2 heterocycles. The molecule has 2 fully saturated rings. The number of carbonyl (C=O) groups excluding carboxylic acids is 1. The predicted molar refractivity (Wildman–Crippen MR) is 62.9 cm³/mol. The van der Waals surface area contributed by atoms with Crippen LogP contribution in [0.5, 0.6) is 0 Å². The monoisotopic (exact) mass is 251 g/mol. The van der Waals surface area contributed by atoms with Gasteiger partial charge in [-0.15, -0.1) is 0 Å². The molecular weight excluding hydrogens is 234 g/mol. The van der Waals surface area contributed by atoms with Crippen LogP contribution < -0.4 is 11.1 Å². The lowest BCUT2D eigenvalue weighted by atomic mass is 9.68. The first-order valence-electron chi connectivity index (χ1n) is 6.28. The van der Waals surface area contributed by atoms with Crippen molar-refractivity contribution in [2.45, 2.75) is 38.0 Å². The van der Waals surface area contributed by atoms with Gasteiger partial charge in [0.25, 0.3) is 5.91 Å². The lowest BCUT2D eigenvalue weighted by Crippen LogP contribution is -2.72. The highest BCUT2D eigenvalue weighted by molar-refractivity contribution is 5.95. The van der Waals surface area contributed by atoms with Gasteiger partial charge in [-0.2, -0.15) is 0 Å². The molecule has 0 bridgehead atoms. The molecule has 0 radical (unpaired) electrons. The van der Waals surface area contributed by atoms with E-state index in [1.807, 2.05) is 0 Å². The summed E-state index contributed by atoms with van der Waals surface area (Å²) in [5.74, 6) is 0.705. The van der Waals surface area contributed by atoms with Crippen LogP contribution in [0.25, 0.3) is 0 Å². The summed E-state index contributed by atoms with van der Waals surface area (Å²) in [5, 5.41) is 6.52. The summed E-state index contributed by atoms with van der Waals surface area (Å²) < 4.78 is 10.6. The first kappa shape index (κ1) is 11.7. The Balaban J connectivity index is 1.67. The van der Waals surface area contributed by atoms with Crippen LogP contribution in [0.15, 0.2) is 10.7 Å². The van der Waals surface area contributed by atoms with Gasteiger partial charge in [0.1, 0.15) is 11.3 Å². The Morgan fingerprint density at radius 3 is 3.17 bits per heavy atom. The van der Waals surface area contributed by atoms with E-state index in [2.05, 4.69) is 10.5 Å². The molecule has 1 saturated carbocycles. The summed E-state index contributed by atoms with van der Waals surface area (Å²) >= 11 is 0. The van der Waals surface area contributed by atoms with Gasteiger partial charge < -0.3 is 20.3 Å². The first-order valence-corrected chi connectivity index (χ1v) is 6.28. The summed E-state index contributed by atoms with van der Waals surface area (Å²) in [4.78, 5) is 12.0. The van der Waals surface area contributed by atoms with Gasteiger partial charge in [0.05, 0.1) is 18.3 Å². The summed E-state index contributed by atoms with van der Waals surface area (Å²) in [5.41, 5.74) is 6.54. The lowest BCUT2D eigenvalue weighted by Gasteiger charge is -2.52. The molecule has 1 aromatic rings. The molecule has 1 amide bonds. The molecule has 1 saturated heterocycles. The van der Waals surface area contributed by atoms with Crippen LogP contribution in [-0.4, -0.2) is 35.9 Å². The van der Waals surface area contributed by atoms with E-state index in [9.17, 15) is 4.79 Å². The molecule has 1 aliphatic heterocycles. The van der Waals surface area contributed by atoms with Gasteiger partial charge in [-0.25, -0.2) is 0 Å². The Labute approximate surface area is 105 Å². The minimum atomic E-state index is -0.193. The summed E-state index contributed by atoms with van der Waals surface area (Å²) in [7, 11) is 0. The zero-order chi connectivity index (χ0) is 12.7. The third-order valence-electron chi connectivity index (χ3n) is 3.97. The number of hydrogen-bond donors (Lipinski definition) is 2. The number of aryl methyl sites for hydroxylation is 1. The second-order valence-electron chi connectivity index (χ2n) is 5.01. The van der Waals surface area contributed by atoms with Crippen LogP contribution in [0.4, 0.5) is 0 Å². The van der Waals surface area contributed by atoms with Crippen molar-refractivity contribution in [1.82, 2.24) is 10.5 Å². The Morgan fingerprint density at radius 1 is 1.61 bits per heavy atom. The number of nitrogens with one attached hydrogen (secondary N) is 1. The normalized spacial score (nSPS) is 34.6. The van der Waals surface area contributed by atoms with E-state index < -0.39 is 0 Å². The molecule has 18 heavy (non-hydrogen) atoms. The fourth-order valence-electron chi connectivity index (χ4n) is 2.87. The van der Waals surface area contributed by atoms with E-state index in [0.29, 0.717) is 17.2 Å². The maximum atomic E-state index is 12.0. The molecule has 6 nitrogen and oxygen atoms in total. The number of nitrogens with two attached hydrogens (primary N) is 1. The Hall–Kier alpha value is -1.40. The number of fused-ring (bicyclic) bond motifs is 1. The summed E-state index contributed by atoms with van der Waals surface area (Å²) in [6.07, 6.45) is 3.64. The molecule has 1 aromatic heterocycles.